The van der Waals surface area contributed by atoms with Crippen LogP contribution in [0.3, 0.4) is 0 Å². The third-order valence-electron chi connectivity index (χ3n) is 4.51. The molecule has 144 valence electrons. The molecule has 0 unspecified atom stereocenters. The number of pyridine rings is 1. The van der Waals surface area contributed by atoms with E-state index < -0.39 is 0 Å². The fourth-order valence-corrected chi connectivity index (χ4v) is 2.98. The Morgan fingerprint density at radius 1 is 1.07 bits per heavy atom. The van der Waals surface area contributed by atoms with E-state index in [1.165, 1.54) is 0 Å². The van der Waals surface area contributed by atoms with Crippen LogP contribution < -0.4 is 14.8 Å². The van der Waals surface area contributed by atoms with Gasteiger partial charge in [-0.05, 0) is 37.6 Å². The van der Waals surface area contributed by atoms with Gasteiger partial charge in [-0.15, -0.1) is 0 Å². The highest BCUT2D eigenvalue weighted by Crippen LogP contribution is 2.24. The third kappa shape index (κ3) is 4.68. The molecule has 5 heteroatoms. The van der Waals surface area contributed by atoms with Crippen LogP contribution in [0.1, 0.15) is 32.7 Å². The molecule has 28 heavy (non-hydrogen) atoms. The Hall–Kier alpha value is -3.34. The lowest BCUT2D eigenvalue weighted by Gasteiger charge is -2.13. The molecule has 0 bridgehead atoms. The van der Waals surface area contributed by atoms with Gasteiger partial charge in [0.25, 0.3) is 5.91 Å². The monoisotopic (exact) mass is 376 g/mol. The van der Waals surface area contributed by atoms with Crippen LogP contribution in [0.2, 0.25) is 0 Å². The van der Waals surface area contributed by atoms with Gasteiger partial charge in [-0.3, -0.25) is 9.78 Å². The second-order valence-electron chi connectivity index (χ2n) is 6.53. The molecule has 0 aliphatic rings. The normalized spacial score (nSPS) is 10.4. The average Bonchev–Trinajstić information content (AvgIpc) is 2.73. The minimum atomic E-state index is -0.175. The Morgan fingerprint density at radius 2 is 1.86 bits per heavy atom. The molecule has 0 fully saturated rings. The quantitative estimate of drug-likeness (QED) is 0.671. The lowest BCUT2D eigenvalue weighted by atomic mass is 10.1. The maximum Gasteiger partial charge on any atom is 0.251 e. The van der Waals surface area contributed by atoms with Crippen molar-refractivity contribution >= 4 is 5.91 Å². The summed E-state index contributed by atoms with van der Waals surface area (Å²) in [6.07, 6.45) is 1.76. The molecule has 2 aromatic carbocycles. The number of aromatic nitrogens is 1. The number of hydrogen-bond donors (Lipinski definition) is 1. The van der Waals surface area contributed by atoms with Crippen molar-refractivity contribution in [1.29, 1.82) is 0 Å². The average molecular weight is 376 g/mol. The summed E-state index contributed by atoms with van der Waals surface area (Å²) >= 11 is 0. The molecule has 1 heterocycles. The molecule has 3 aromatic rings. The van der Waals surface area contributed by atoms with E-state index in [1.54, 1.807) is 25.4 Å². The van der Waals surface area contributed by atoms with Crippen LogP contribution in [0.15, 0.2) is 60.8 Å². The van der Waals surface area contributed by atoms with Crippen molar-refractivity contribution in [2.45, 2.75) is 27.0 Å². The summed E-state index contributed by atoms with van der Waals surface area (Å²) in [6.45, 7) is 4.68. The largest absolute Gasteiger partial charge is 0.496 e. The number of hydrogen-bond acceptors (Lipinski definition) is 4. The number of ether oxygens (including phenoxy) is 2. The first kappa shape index (κ1) is 19.4. The minimum absolute atomic E-state index is 0.175. The van der Waals surface area contributed by atoms with Crippen LogP contribution in [0.4, 0.5) is 0 Å². The van der Waals surface area contributed by atoms with E-state index in [0.717, 1.165) is 28.1 Å². The maximum absolute atomic E-state index is 12.6. The Bertz CT molecular complexity index is 955. The van der Waals surface area contributed by atoms with E-state index in [-0.39, 0.29) is 5.91 Å². The van der Waals surface area contributed by atoms with Gasteiger partial charge in [0, 0.05) is 22.9 Å². The van der Waals surface area contributed by atoms with Gasteiger partial charge in [0.2, 0.25) is 0 Å². The summed E-state index contributed by atoms with van der Waals surface area (Å²) < 4.78 is 11.2. The number of nitrogens with one attached hydrogen (secondary N) is 1. The van der Waals surface area contributed by atoms with Crippen molar-refractivity contribution < 1.29 is 14.3 Å². The van der Waals surface area contributed by atoms with Crippen LogP contribution in [0.25, 0.3) is 0 Å². The van der Waals surface area contributed by atoms with Crippen LogP contribution in [-0.4, -0.2) is 18.0 Å². The molecule has 1 amide bonds. The Balaban J connectivity index is 1.63. The Morgan fingerprint density at radius 3 is 2.61 bits per heavy atom. The summed E-state index contributed by atoms with van der Waals surface area (Å²) in [6, 6.07) is 17.1. The van der Waals surface area contributed by atoms with Crippen molar-refractivity contribution in [3.8, 4) is 11.5 Å². The SMILES string of the molecule is COc1c(C)cnc(CNC(=O)c2cccc(OCc3ccccc3)c2)c1C. The van der Waals surface area contributed by atoms with Gasteiger partial charge in [0.15, 0.2) is 0 Å². The Kier molecular flexibility index (Phi) is 6.27. The maximum atomic E-state index is 12.6. The molecule has 0 aliphatic heterocycles. The number of amides is 1. The molecule has 0 saturated carbocycles. The summed E-state index contributed by atoms with van der Waals surface area (Å²) in [5.74, 6) is 1.28. The molecule has 1 aromatic heterocycles. The van der Waals surface area contributed by atoms with Crippen LogP contribution >= 0.6 is 0 Å². The number of carbonyl (C=O) groups is 1. The van der Waals surface area contributed by atoms with Gasteiger partial charge in [0.05, 0.1) is 19.3 Å². The zero-order valence-electron chi connectivity index (χ0n) is 16.4. The van der Waals surface area contributed by atoms with Crippen LogP contribution in [0, 0.1) is 13.8 Å². The minimum Gasteiger partial charge on any atom is -0.496 e. The lowest BCUT2D eigenvalue weighted by molar-refractivity contribution is 0.0950. The molecule has 0 aliphatic carbocycles. The summed E-state index contributed by atoms with van der Waals surface area (Å²) in [5.41, 5.74) is 4.31. The van der Waals surface area contributed by atoms with Crippen LogP contribution in [-0.2, 0) is 13.2 Å². The molecular weight excluding hydrogens is 352 g/mol. The van der Waals surface area contributed by atoms with Gasteiger partial charge in [-0.2, -0.15) is 0 Å². The van der Waals surface area contributed by atoms with E-state index in [0.29, 0.717) is 24.5 Å². The van der Waals surface area contributed by atoms with Crippen molar-refractivity contribution in [2.24, 2.45) is 0 Å². The van der Waals surface area contributed by atoms with Crippen molar-refractivity contribution in [3.63, 3.8) is 0 Å². The van der Waals surface area contributed by atoms with Gasteiger partial charge in [-0.25, -0.2) is 0 Å². The molecule has 0 atom stereocenters. The molecule has 3 rings (SSSR count). The highest BCUT2D eigenvalue weighted by molar-refractivity contribution is 5.94. The van der Waals surface area contributed by atoms with Crippen molar-refractivity contribution in [2.75, 3.05) is 7.11 Å². The highest BCUT2D eigenvalue weighted by atomic mass is 16.5. The third-order valence-corrected chi connectivity index (χ3v) is 4.51. The summed E-state index contributed by atoms with van der Waals surface area (Å²) in [5, 5.41) is 2.92. The van der Waals surface area contributed by atoms with Crippen molar-refractivity contribution in [3.05, 3.63) is 88.7 Å². The predicted molar refractivity (Wildman–Crippen MR) is 109 cm³/mol. The first-order chi connectivity index (χ1) is 13.6. The van der Waals surface area contributed by atoms with E-state index in [4.69, 9.17) is 9.47 Å². The molecule has 1 N–H and O–H groups in total. The lowest BCUT2D eigenvalue weighted by Crippen LogP contribution is -2.24. The number of benzene rings is 2. The number of nitrogens with zero attached hydrogens (tertiary/aromatic N) is 1. The highest BCUT2D eigenvalue weighted by Gasteiger charge is 2.12. The summed E-state index contributed by atoms with van der Waals surface area (Å²) in [7, 11) is 1.64. The molecule has 0 radical (unpaired) electrons. The smallest absolute Gasteiger partial charge is 0.251 e. The molecule has 0 spiro atoms. The fraction of sp³-hybridized carbons (Fsp3) is 0.217. The zero-order valence-corrected chi connectivity index (χ0v) is 16.4. The fourth-order valence-electron chi connectivity index (χ4n) is 2.98. The zero-order chi connectivity index (χ0) is 19.9. The van der Waals surface area contributed by atoms with Crippen molar-refractivity contribution in [1.82, 2.24) is 10.3 Å². The number of aryl methyl sites for hydroxylation is 1. The first-order valence-corrected chi connectivity index (χ1v) is 9.12. The Labute approximate surface area is 165 Å². The topological polar surface area (TPSA) is 60.5 Å². The van der Waals surface area contributed by atoms with Gasteiger partial charge in [0.1, 0.15) is 18.1 Å². The second kappa shape index (κ2) is 9.04. The van der Waals surface area contributed by atoms with E-state index >= 15 is 0 Å². The molecule has 5 nitrogen and oxygen atoms in total. The standard InChI is InChI=1S/C23H24N2O3/c1-16-13-24-21(17(2)22(16)27-3)14-25-23(26)19-10-7-11-20(12-19)28-15-18-8-5-4-6-9-18/h4-13H,14-15H2,1-3H3,(H,25,26). The van der Waals surface area contributed by atoms with E-state index in [1.807, 2.05) is 56.3 Å². The van der Waals surface area contributed by atoms with Gasteiger partial charge >= 0.3 is 0 Å². The molecular formula is C23H24N2O3. The van der Waals surface area contributed by atoms with E-state index in [9.17, 15) is 4.79 Å². The second-order valence-corrected chi connectivity index (χ2v) is 6.53. The number of methoxy groups -OCH3 is 1. The van der Waals surface area contributed by atoms with Gasteiger partial charge in [-0.1, -0.05) is 36.4 Å². The summed E-state index contributed by atoms with van der Waals surface area (Å²) in [4.78, 5) is 17.0. The molecule has 0 saturated heterocycles. The van der Waals surface area contributed by atoms with E-state index in [2.05, 4.69) is 10.3 Å². The predicted octanol–water partition coefficient (Wildman–Crippen LogP) is 4.22. The van der Waals surface area contributed by atoms with Gasteiger partial charge < -0.3 is 14.8 Å². The first-order valence-electron chi connectivity index (χ1n) is 9.12. The number of rotatable bonds is 7. The number of carbonyl (C=O) groups excluding carboxylic acids is 1. The van der Waals surface area contributed by atoms with Crippen LogP contribution in [0.5, 0.6) is 11.5 Å².